The molecule has 5 nitrogen and oxygen atoms in total. The molecule has 1 aromatic carbocycles. The van der Waals surface area contributed by atoms with Gasteiger partial charge >= 0.3 is 0 Å². The summed E-state index contributed by atoms with van der Waals surface area (Å²) in [5.41, 5.74) is -0.0425. The van der Waals surface area contributed by atoms with Crippen molar-refractivity contribution in [1.82, 2.24) is 4.90 Å². The SMILES string of the molecule is CCCO[C@](C)(CC(C)C)C(=O)Nc1ccc(OCCCN2CCCCC2)cc1. The van der Waals surface area contributed by atoms with Crippen LogP contribution in [0.2, 0.25) is 0 Å². The van der Waals surface area contributed by atoms with Crippen molar-refractivity contribution in [2.24, 2.45) is 5.92 Å². The van der Waals surface area contributed by atoms with Crippen LogP contribution in [0.5, 0.6) is 5.75 Å². The first-order chi connectivity index (χ1) is 13.9. The summed E-state index contributed by atoms with van der Waals surface area (Å²) in [4.78, 5) is 15.4. The van der Waals surface area contributed by atoms with Crippen LogP contribution in [0.25, 0.3) is 0 Å². The minimum Gasteiger partial charge on any atom is -0.494 e. The van der Waals surface area contributed by atoms with Gasteiger partial charge in [0.25, 0.3) is 5.91 Å². The molecule has 1 heterocycles. The number of piperidine rings is 1. The van der Waals surface area contributed by atoms with Crippen LogP contribution in [-0.2, 0) is 9.53 Å². The van der Waals surface area contributed by atoms with E-state index >= 15 is 0 Å². The Morgan fingerprint density at radius 2 is 1.83 bits per heavy atom. The molecule has 1 saturated heterocycles. The van der Waals surface area contributed by atoms with Crippen molar-refractivity contribution in [1.29, 1.82) is 0 Å². The molecule has 2 rings (SSSR count). The summed E-state index contributed by atoms with van der Waals surface area (Å²) in [5.74, 6) is 1.13. The summed E-state index contributed by atoms with van der Waals surface area (Å²) in [6.07, 6.45) is 6.65. The van der Waals surface area contributed by atoms with Gasteiger partial charge in [0.2, 0.25) is 0 Å². The Balaban J connectivity index is 1.79. The molecule has 0 aromatic heterocycles. The lowest BCUT2D eigenvalue weighted by atomic mass is 9.93. The molecule has 0 radical (unpaired) electrons. The van der Waals surface area contributed by atoms with Gasteiger partial charge in [0.15, 0.2) is 0 Å². The zero-order chi connectivity index (χ0) is 21.1. The van der Waals surface area contributed by atoms with Crippen molar-refractivity contribution < 1.29 is 14.3 Å². The van der Waals surface area contributed by atoms with E-state index in [0.29, 0.717) is 18.9 Å². The van der Waals surface area contributed by atoms with Gasteiger partial charge in [-0.15, -0.1) is 0 Å². The van der Waals surface area contributed by atoms with E-state index < -0.39 is 5.60 Å². The van der Waals surface area contributed by atoms with Crippen molar-refractivity contribution in [3.05, 3.63) is 24.3 Å². The molecule has 0 spiro atoms. The van der Waals surface area contributed by atoms with Gasteiger partial charge < -0.3 is 19.7 Å². The Kier molecular flexibility index (Phi) is 9.95. The normalized spacial score (nSPS) is 17.1. The number of nitrogens with one attached hydrogen (secondary N) is 1. The third-order valence-electron chi connectivity index (χ3n) is 5.35. The van der Waals surface area contributed by atoms with Crippen molar-refractivity contribution in [2.75, 3.05) is 38.2 Å². The van der Waals surface area contributed by atoms with Crippen LogP contribution in [0.1, 0.15) is 66.2 Å². The predicted molar refractivity (Wildman–Crippen MR) is 120 cm³/mol. The van der Waals surface area contributed by atoms with Gasteiger partial charge in [-0.3, -0.25) is 4.79 Å². The Hall–Kier alpha value is -1.59. The van der Waals surface area contributed by atoms with E-state index in [1.165, 1.54) is 32.4 Å². The largest absolute Gasteiger partial charge is 0.494 e. The van der Waals surface area contributed by atoms with Gasteiger partial charge in [-0.05, 0) is 82.3 Å². The summed E-state index contributed by atoms with van der Waals surface area (Å²) in [6, 6.07) is 7.63. The average Bonchev–Trinajstić information content (AvgIpc) is 2.71. The fraction of sp³-hybridized carbons (Fsp3) is 0.708. The molecule has 0 bridgehead atoms. The second-order valence-electron chi connectivity index (χ2n) is 8.76. The minimum absolute atomic E-state index is 0.0881. The summed E-state index contributed by atoms with van der Waals surface area (Å²) < 4.78 is 11.8. The number of anilines is 1. The molecule has 1 fully saturated rings. The third kappa shape index (κ3) is 8.35. The van der Waals surface area contributed by atoms with Crippen LogP contribution in [0.15, 0.2) is 24.3 Å². The molecule has 1 aliphatic heterocycles. The molecule has 1 atom stereocenters. The Morgan fingerprint density at radius 1 is 1.14 bits per heavy atom. The van der Waals surface area contributed by atoms with E-state index in [2.05, 4.69) is 31.0 Å². The zero-order valence-corrected chi connectivity index (χ0v) is 18.8. The number of hydrogen-bond acceptors (Lipinski definition) is 4. The summed E-state index contributed by atoms with van der Waals surface area (Å²) in [6.45, 7) is 13.0. The second kappa shape index (κ2) is 12.2. The van der Waals surface area contributed by atoms with E-state index in [4.69, 9.17) is 9.47 Å². The Bertz CT molecular complexity index is 597. The van der Waals surface area contributed by atoms with Gasteiger partial charge in [0.05, 0.1) is 6.61 Å². The van der Waals surface area contributed by atoms with Gasteiger partial charge in [-0.25, -0.2) is 0 Å². The van der Waals surface area contributed by atoms with E-state index in [-0.39, 0.29) is 5.91 Å². The number of carbonyl (C=O) groups is 1. The summed E-state index contributed by atoms with van der Waals surface area (Å²) in [5, 5.41) is 3.01. The van der Waals surface area contributed by atoms with E-state index in [1.807, 2.05) is 31.2 Å². The fourth-order valence-electron chi connectivity index (χ4n) is 3.88. The molecule has 0 unspecified atom stereocenters. The first kappa shape index (κ1) is 23.7. The van der Waals surface area contributed by atoms with Crippen LogP contribution in [-0.4, -0.2) is 49.3 Å². The molecule has 1 amide bonds. The lowest BCUT2D eigenvalue weighted by Gasteiger charge is -2.30. The zero-order valence-electron chi connectivity index (χ0n) is 18.8. The summed E-state index contributed by atoms with van der Waals surface area (Å²) >= 11 is 0. The van der Waals surface area contributed by atoms with Crippen molar-refractivity contribution in [2.45, 2.75) is 71.8 Å². The third-order valence-corrected chi connectivity index (χ3v) is 5.35. The van der Waals surface area contributed by atoms with Crippen LogP contribution in [0.4, 0.5) is 5.69 Å². The van der Waals surface area contributed by atoms with Crippen LogP contribution >= 0.6 is 0 Å². The maximum absolute atomic E-state index is 12.8. The molecule has 1 aliphatic rings. The standard InChI is InChI=1S/C24H40N2O3/c1-5-17-29-24(4,19-20(2)3)23(27)25-21-10-12-22(13-11-21)28-18-9-16-26-14-7-6-8-15-26/h10-13,20H,5-9,14-19H2,1-4H3,(H,25,27)/t24-/m1/s1. The van der Waals surface area contributed by atoms with Gasteiger partial charge in [-0.2, -0.15) is 0 Å². The Morgan fingerprint density at radius 3 is 2.45 bits per heavy atom. The Labute approximate surface area is 177 Å². The number of ether oxygens (including phenoxy) is 2. The smallest absolute Gasteiger partial charge is 0.256 e. The topological polar surface area (TPSA) is 50.8 Å². The van der Waals surface area contributed by atoms with Gasteiger partial charge in [0.1, 0.15) is 11.4 Å². The maximum Gasteiger partial charge on any atom is 0.256 e. The van der Waals surface area contributed by atoms with Crippen LogP contribution in [0.3, 0.4) is 0 Å². The minimum atomic E-state index is -0.812. The molecule has 1 N–H and O–H groups in total. The highest BCUT2D eigenvalue weighted by Gasteiger charge is 2.34. The molecule has 29 heavy (non-hydrogen) atoms. The number of benzene rings is 1. The van der Waals surface area contributed by atoms with Gasteiger partial charge in [-0.1, -0.05) is 27.2 Å². The molecule has 0 aliphatic carbocycles. The quantitative estimate of drug-likeness (QED) is 0.492. The highest BCUT2D eigenvalue weighted by atomic mass is 16.5. The fourth-order valence-corrected chi connectivity index (χ4v) is 3.88. The lowest BCUT2D eigenvalue weighted by molar-refractivity contribution is -0.141. The van der Waals surface area contributed by atoms with Crippen LogP contribution < -0.4 is 10.1 Å². The first-order valence-electron chi connectivity index (χ1n) is 11.3. The number of rotatable bonds is 12. The molecular formula is C24H40N2O3. The first-order valence-corrected chi connectivity index (χ1v) is 11.3. The van der Waals surface area contributed by atoms with E-state index in [0.717, 1.165) is 37.4 Å². The average molecular weight is 405 g/mol. The number of nitrogens with zero attached hydrogens (tertiary/aromatic N) is 1. The van der Waals surface area contributed by atoms with Crippen molar-refractivity contribution >= 4 is 11.6 Å². The highest BCUT2D eigenvalue weighted by molar-refractivity contribution is 5.97. The maximum atomic E-state index is 12.8. The second-order valence-corrected chi connectivity index (χ2v) is 8.76. The monoisotopic (exact) mass is 404 g/mol. The molecule has 5 heteroatoms. The lowest BCUT2D eigenvalue weighted by Crippen LogP contribution is -2.44. The van der Waals surface area contributed by atoms with E-state index in [1.54, 1.807) is 0 Å². The number of amides is 1. The number of carbonyl (C=O) groups excluding carboxylic acids is 1. The number of likely N-dealkylation sites (tertiary alicyclic amines) is 1. The van der Waals surface area contributed by atoms with E-state index in [9.17, 15) is 4.79 Å². The predicted octanol–water partition coefficient (Wildman–Crippen LogP) is 5.11. The molecule has 164 valence electrons. The van der Waals surface area contributed by atoms with Gasteiger partial charge in [0, 0.05) is 18.8 Å². The molecule has 1 aromatic rings. The molecule has 0 saturated carbocycles. The van der Waals surface area contributed by atoms with Crippen molar-refractivity contribution in [3.63, 3.8) is 0 Å². The number of hydrogen-bond donors (Lipinski definition) is 1. The molecular weight excluding hydrogens is 364 g/mol. The summed E-state index contributed by atoms with van der Waals surface area (Å²) in [7, 11) is 0. The van der Waals surface area contributed by atoms with Crippen LogP contribution in [0, 0.1) is 5.92 Å². The highest BCUT2D eigenvalue weighted by Crippen LogP contribution is 2.24. The van der Waals surface area contributed by atoms with Crippen molar-refractivity contribution in [3.8, 4) is 5.75 Å².